The van der Waals surface area contributed by atoms with Crippen molar-refractivity contribution in [1.29, 1.82) is 0 Å². The second-order valence-electron chi connectivity index (χ2n) is 4.46. The minimum Gasteiger partial charge on any atom is -0.310 e. The van der Waals surface area contributed by atoms with E-state index in [1.54, 1.807) is 0 Å². The standard InChI is InChI=1S/C14H24N2/c1-4-6-14(7-5-2)16-11-13-10-15-9-8-12(13)3/h8-10,14,16H,4-7,11H2,1-3H3. The number of nitrogens with zero attached hydrogens (tertiary/aromatic N) is 1. The van der Waals surface area contributed by atoms with Gasteiger partial charge in [0.1, 0.15) is 0 Å². The molecule has 16 heavy (non-hydrogen) atoms. The highest BCUT2D eigenvalue weighted by Gasteiger charge is 2.06. The lowest BCUT2D eigenvalue weighted by molar-refractivity contribution is 0.442. The summed E-state index contributed by atoms with van der Waals surface area (Å²) in [6.07, 6.45) is 8.87. The lowest BCUT2D eigenvalue weighted by atomic mass is 10.1. The van der Waals surface area contributed by atoms with Gasteiger partial charge >= 0.3 is 0 Å². The number of rotatable bonds is 7. The first kappa shape index (κ1) is 13.2. The predicted molar refractivity (Wildman–Crippen MR) is 69.4 cm³/mol. The van der Waals surface area contributed by atoms with Crippen LogP contribution in [0.2, 0.25) is 0 Å². The van der Waals surface area contributed by atoms with Gasteiger partial charge in [0, 0.05) is 25.0 Å². The Morgan fingerprint density at radius 3 is 2.50 bits per heavy atom. The molecule has 2 nitrogen and oxygen atoms in total. The van der Waals surface area contributed by atoms with Crippen LogP contribution in [0.1, 0.15) is 50.7 Å². The fourth-order valence-corrected chi connectivity index (χ4v) is 1.98. The summed E-state index contributed by atoms with van der Waals surface area (Å²) in [6, 6.07) is 2.74. The fraction of sp³-hybridized carbons (Fsp3) is 0.643. The van der Waals surface area contributed by atoms with E-state index in [2.05, 4.69) is 37.1 Å². The summed E-state index contributed by atoms with van der Waals surface area (Å²) in [5.41, 5.74) is 2.65. The molecule has 2 heteroatoms. The molecule has 0 spiro atoms. The third kappa shape index (κ3) is 4.31. The Hall–Kier alpha value is -0.890. The molecule has 0 bridgehead atoms. The minimum absolute atomic E-state index is 0.662. The smallest absolute Gasteiger partial charge is 0.0315 e. The molecule has 90 valence electrons. The maximum atomic E-state index is 4.18. The van der Waals surface area contributed by atoms with Crippen molar-refractivity contribution in [2.45, 2.75) is 59.0 Å². The summed E-state index contributed by atoms with van der Waals surface area (Å²) in [5, 5.41) is 3.64. The van der Waals surface area contributed by atoms with Gasteiger partial charge in [-0.05, 0) is 37.0 Å². The van der Waals surface area contributed by atoms with E-state index in [1.165, 1.54) is 36.8 Å². The van der Waals surface area contributed by atoms with Gasteiger partial charge < -0.3 is 5.32 Å². The van der Waals surface area contributed by atoms with Crippen LogP contribution in [-0.2, 0) is 6.54 Å². The molecule has 1 rings (SSSR count). The Morgan fingerprint density at radius 1 is 1.25 bits per heavy atom. The quantitative estimate of drug-likeness (QED) is 0.761. The van der Waals surface area contributed by atoms with E-state index in [0.29, 0.717) is 6.04 Å². The molecule has 0 aliphatic carbocycles. The molecule has 0 atom stereocenters. The highest BCUT2D eigenvalue weighted by molar-refractivity contribution is 5.21. The molecule has 0 aliphatic rings. The number of hydrogen-bond donors (Lipinski definition) is 1. The molecular formula is C14H24N2. The average molecular weight is 220 g/mol. The van der Waals surface area contributed by atoms with Crippen molar-refractivity contribution in [2.24, 2.45) is 0 Å². The normalized spacial score (nSPS) is 11.0. The van der Waals surface area contributed by atoms with Gasteiger partial charge in [0.05, 0.1) is 0 Å². The van der Waals surface area contributed by atoms with Gasteiger partial charge in [-0.25, -0.2) is 0 Å². The van der Waals surface area contributed by atoms with E-state index in [9.17, 15) is 0 Å². The first-order valence-corrected chi connectivity index (χ1v) is 6.40. The Labute approximate surface area is 99.5 Å². The zero-order valence-corrected chi connectivity index (χ0v) is 10.8. The van der Waals surface area contributed by atoms with Crippen molar-refractivity contribution in [3.63, 3.8) is 0 Å². The Bertz CT molecular complexity index is 291. The number of hydrogen-bond acceptors (Lipinski definition) is 2. The Morgan fingerprint density at radius 2 is 1.94 bits per heavy atom. The molecule has 0 saturated carbocycles. The van der Waals surface area contributed by atoms with Crippen LogP contribution in [0.4, 0.5) is 0 Å². The number of pyridine rings is 1. The van der Waals surface area contributed by atoms with Crippen molar-refractivity contribution < 1.29 is 0 Å². The van der Waals surface area contributed by atoms with Crippen LogP contribution in [0.25, 0.3) is 0 Å². The zero-order chi connectivity index (χ0) is 11.8. The lowest BCUT2D eigenvalue weighted by Gasteiger charge is -2.17. The predicted octanol–water partition coefficient (Wildman–Crippen LogP) is 3.45. The van der Waals surface area contributed by atoms with Crippen molar-refractivity contribution in [2.75, 3.05) is 0 Å². The molecule has 0 unspecified atom stereocenters. The summed E-state index contributed by atoms with van der Waals surface area (Å²) in [7, 11) is 0. The molecule has 0 radical (unpaired) electrons. The fourth-order valence-electron chi connectivity index (χ4n) is 1.98. The molecule has 1 N–H and O–H groups in total. The molecule has 0 aliphatic heterocycles. The Kier molecular flexibility index (Phi) is 6.09. The van der Waals surface area contributed by atoms with Crippen LogP contribution < -0.4 is 5.32 Å². The second-order valence-corrected chi connectivity index (χ2v) is 4.46. The Balaban J connectivity index is 2.45. The van der Waals surface area contributed by atoms with Crippen LogP contribution in [0.15, 0.2) is 18.5 Å². The van der Waals surface area contributed by atoms with E-state index in [0.717, 1.165) is 6.54 Å². The van der Waals surface area contributed by atoms with Gasteiger partial charge in [-0.1, -0.05) is 26.7 Å². The van der Waals surface area contributed by atoms with Crippen molar-refractivity contribution >= 4 is 0 Å². The van der Waals surface area contributed by atoms with E-state index in [4.69, 9.17) is 0 Å². The third-order valence-corrected chi connectivity index (χ3v) is 3.00. The highest BCUT2D eigenvalue weighted by Crippen LogP contribution is 2.08. The summed E-state index contributed by atoms with van der Waals surface area (Å²) < 4.78 is 0. The minimum atomic E-state index is 0.662. The summed E-state index contributed by atoms with van der Waals surface area (Å²) in [6.45, 7) is 7.59. The van der Waals surface area contributed by atoms with Crippen LogP contribution in [0.5, 0.6) is 0 Å². The third-order valence-electron chi connectivity index (χ3n) is 3.00. The van der Waals surface area contributed by atoms with Crippen LogP contribution >= 0.6 is 0 Å². The maximum absolute atomic E-state index is 4.18. The van der Waals surface area contributed by atoms with Gasteiger partial charge in [-0.3, -0.25) is 4.98 Å². The number of aryl methyl sites for hydroxylation is 1. The van der Waals surface area contributed by atoms with Crippen LogP contribution in [-0.4, -0.2) is 11.0 Å². The average Bonchev–Trinajstić information content (AvgIpc) is 2.28. The summed E-state index contributed by atoms with van der Waals surface area (Å²) >= 11 is 0. The van der Waals surface area contributed by atoms with Gasteiger partial charge in [0.15, 0.2) is 0 Å². The van der Waals surface area contributed by atoms with E-state index in [-0.39, 0.29) is 0 Å². The SMILES string of the molecule is CCCC(CCC)NCc1cnccc1C. The van der Waals surface area contributed by atoms with Gasteiger partial charge in [0.2, 0.25) is 0 Å². The molecule has 0 fully saturated rings. The largest absolute Gasteiger partial charge is 0.310 e. The number of nitrogens with one attached hydrogen (secondary N) is 1. The van der Waals surface area contributed by atoms with Crippen molar-refractivity contribution in [3.05, 3.63) is 29.6 Å². The van der Waals surface area contributed by atoms with Gasteiger partial charge in [-0.15, -0.1) is 0 Å². The van der Waals surface area contributed by atoms with E-state index >= 15 is 0 Å². The van der Waals surface area contributed by atoms with Crippen molar-refractivity contribution in [3.8, 4) is 0 Å². The molecule has 0 aromatic carbocycles. The first-order chi connectivity index (χ1) is 7.77. The zero-order valence-electron chi connectivity index (χ0n) is 10.8. The summed E-state index contributed by atoms with van der Waals surface area (Å²) in [4.78, 5) is 4.18. The van der Waals surface area contributed by atoms with E-state index in [1.807, 2.05) is 12.4 Å². The highest BCUT2D eigenvalue weighted by atomic mass is 14.9. The molecule has 0 saturated heterocycles. The molecule has 0 amide bonds. The number of aromatic nitrogens is 1. The molecule has 1 aromatic heterocycles. The maximum Gasteiger partial charge on any atom is 0.0315 e. The lowest BCUT2D eigenvalue weighted by Crippen LogP contribution is -2.28. The van der Waals surface area contributed by atoms with E-state index < -0.39 is 0 Å². The van der Waals surface area contributed by atoms with Crippen molar-refractivity contribution in [1.82, 2.24) is 10.3 Å². The second kappa shape index (κ2) is 7.39. The van der Waals surface area contributed by atoms with Crippen LogP contribution in [0, 0.1) is 6.92 Å². The van der Waals surface area contributed by atoms with Crippen LogP contribution in [0.3, 0.4) is 0 Å². The summed E-state index contributed by atoms with van der Waals surface area (Å²) in [5.74, 6) is 0. The monoisotopic (exact) mass is 220 g/mol. The molecule has 1 heterocycles. The first-order valence-electron chi connectivity index (χ1n) is 6.40. The topological polar surface area (TPSA) is 24.9 Å². The molecule has 1 aromatic rings. The van der Waals surface area contributed by atoms with Gasteiger partial charge in [-0.2, -0.15) is 0 Å². The van der Waals surface area contributed by atoms with Gasteiger partial charge in [0.25, 0.3) is 0 Å². The molecular weight excluding hydrogens is 196 g/mol.